The molecule has 2 aromatic heterocycles. The summed E-state index contributed by atoms with van der Waals surface area (Å²) in [6.07, 6.45) is 3.24. The van der Waals surface area contributed by atoms with Crippen LogP contribution < -0.4 is 10.1 Å². The average Bonchev–Trinajstić information content (AvgIpc) is 3.23. The third-order valence-electron chi connectivity index (χ3n) is 4.20. The maximum atomic E-state index is 12.6. The van der Waals surface area contributed by atoms with E-state index in [1.165, 1.54) is 6.33 Å². The van der Waals surface area contributed by atoms with Crippen molar-refractivity contribution in [2.45, 2.75) is 17.7 Å². The first kappa shape index (κ1) is 18.9. The number of rotatable bonds is 7. The van der Waals surface area contributed by atoms with Crippen LogP contribution in [0.2, 0.25) is 0 Å². The third-order valence-corrected chi connectivity index (χ3v) is 5.28. The summed E-state index contributed by atoms with van der Waals surface area (Å²) in [6, 6.07) is 14.9. The molecule has 2 aromatic carbocycles. The van der Waals surface area contributed by atoms with Crippen LogP contribution in [0.1, 0.15) is 22.8 Å². The largest absolute Gasteiger partial charge is 0.494 e. The van der Waals surface area contributed by atoms with E-state index in [1.807, 2.05) is 49.4 Å². The number of H-pyrrole nitrogens is 1. The Balaban J connectivity index is 1.42. The number of aromatic nitrogens is 4. The Morgan fingerprint density at radius 1 is 1.17 bits per heavy atom. The molecule has 0 saturated heterocycles. The van der Waals surface area contributed by atoms with Gasteiger partial charge < -0.3 is 10.1 Å². The molecule has 0 unspecified atom stereocenters. The first-order chi connectivity index (χ1) is 14.2. The predicted octanol–water partition coefficient (Wildman–Crippen LogP) is 4.30. The van der Waals surface area contributed by atoms with Crippen LogP contribution >= 0.6 is 11.8 Å². The Morgan fingerprint density at radius 3 is 2.86 bits per heavy atom. The molecule has 0 atom stereocenters. The highest BCUT2D eigenvalue weighted by Crippen LogP contribution is 2.26. The van der Waals surface area contributed by atoms with Gasteiger partial charge in [0, 0.05) is 17.0 Å². The van der Waals surface area contributed by atoms with Crippen molar-refractivity contribution in [2.75, 3.05) is 11.9 Å². The molecule has 29 heavy (non-hydrogen) atoms. The van der Waals surface area contributed by atoms with Gasteiger partial charge in [0.1, 0.15) is 17.1 Å². The number of benzene rings is 2. The van der Waals surface area contributed by atoms with Crippen LogP contribution in [0.25, 0.3) is 11.0 Å². The lowest BCUT2D eigenvalue weighted by atomic mass is 10.1. The van der Waals surface area contributed by atoms with Gasteiger partial charge >= 0.3 is 0 Å². The van der Waals surface area contributed by atoms with Crippen LogP contribution in [0.4, 0.5) is 5.69 Å². The normalized spacial score (nSPS) is 10.8. The molecule has 2 N–H and O–H groups in total. The number of fused-ring (bicyclic) bond motifs is 1. The molecule has 146 valence electrons. The van der Waals surface area contributed by atoms with Gasteiger partial charge in [-0.1, -0.05) is 12.1 Å². The summed E-state index contributed by atoms with van der Waals surface area (Å²) >= 11 is 1.58. The van der Waals surface area contributed by atoms with E-state index in [-0.39, 0.29) is 5.91 Å². The smallest absolute Gasteiger partial charge is 0.255 e. The number of thioether (sulfide) groups is 1. The van der Waals surface area contributed by atoms with Crippen LogP contribution in [-0.2, 0) is 5.75 Å². The van der Waals surface area contributed by atoms with E-state index < -0.39 is 0 Å². The number of hydrogen-bond donors (Lipinski definition) is 2. The van der Waals surface area contributed by atoms with Gasteiger partial charge in [-0.25, -0.2) is 9.97 Å². The van der Waals surface area contributed by atoms with E-state index in [4.69, 9.17) is 4.74 Å². The molecular weight excluding hydrogens is 386 g/mol. The molecule has 7 nitrogen and oxygen atoms in total. The lowest BCUT2D eigenvalue weighted by molar-refractivity contribution is 0.102. The molecule has 0 aliphatic heterocycles. The second-order valence-electron chi connectivity index (χ2n) is 6.21. The van der Waals surface area contributed by atoms with E-state index >= 15 is 0 Å². The molecule has 4 aromatic rings. The van der Waals surface area contributed by atoms with E-state index in [0.717, 1.165) is 27.4 Å². The second-order valence-corrected chi connectivity index (χ2v) is 7.18. The van der Waals surface area contributed by atoms with Crippen LogP contribution in [0.3, 0.4) is 0 Å². The highest BCUT2D eigenvalue weighted by atomic mass is 32.2. The highest BCUT2D eigenvalue weighted by molar-refractivity contribution is 7.98. The summed E-state index contributed by atoms with van der Waals surface area (Å²) < 4.78 is 5.42. The van der Waals surface area contributed by atoms with Gasteiger partial charge in [-0.2, -0.15) is 5.10 Å². The number of ether oxygens (including phenoxy) is 1. The Bertz CT molecular complexity index is 1130. The first-order valence-electron chi connectivity index (χ1n) is 9.13. The van der Waals surface area contributed by atoms with Gasteiger partial charge in [-0.05, 0) is 48.9 Å². The molecule has 0 fully saturated rings. The SMILES string of the molecule is CCOc1ccc(NC(=O)c2cccc(CSc3ncnc4[nH]ncc34)c2)cc1. The summed E-state index contributed by atoms with van der Waals surface area (Å²) in [6.45, 7) is 2.54. The van der Waals surface area contributed by atoms with Crippen molar-refractivity contribution >= 4 is 34.4 Å². The summed E-state index contributed by atoms with van der Waals surface area (Å²) in [5, 5.41) is 11.5. The van der Waals surface area contributed by atoms with Crippen LogP contribution in [-0.4, -0.2) is 32.7 Å². The monoisotopic (exact) mass is 405 g/mol. The van der Waals surface area contributed by atoms with Crippen molar-refractivity contribution in [3.05, 3.63) is 72.2 Å². The van der Waals surface area contributed by atoms with E-state index in [9.17, 15) is 4.79 Å². The van der Waals surface area contributed by atoms with Gasteiger partial charge in [0.05, 0.1) is 18.2 Å². The lowest BCUT2D eigenvalue weighted by Gasteiger charge is -2.08. The molecular formula is C21H19N5O2S. The van der Waals surface area contributed by atoms with Crippen molar-refractivity contribution in [3.63, 3.8) is 0 Å². The maximum Gasteiger partial charge on any atom is 0.255 e. The number of nitrogens with one attached hydrogen (secondary N) is 2. The topological polar surface area (TPSA) is 92.8 Å². The van der Waals surface area contributed by atoms with Gasteiger partial charge in [0.2, 0.25) is 0 Å². The van der Waals surface area contributed by atoms with Crippen LogP contribution in [0.15, 0.2) is 66.1 Å². The van der Waals surface area contributed by atoms with Gasteiger partial charge in [-0.3, -0.25) is 9.89 Å². The second kappa shape index (κ2) is 8.74. The zero-order valence-corrected chi connectivity index (χ0v) is 16.6. The Labute approximate surface area is 171 Å². The molecule has 8 heteroatoms. The fourth-order valence-electron chi connectivity index (χ4n) is 2.82. The third kappa shape index (κ3) is 4.55. The molecule has 0 saturated carbocycles. The molecule has 1 amide bonds. The summed E-state index contributed by atoms with van der Waals surface area (Å²) in [7, 11) is 0. The van der Waals surface area contributed by atoms with E-state index in [1.54, 1.807) is 24.0 Å². The molecule has 2 heterocycles. The zero-order chi connectivity index (χ0) is 20.1. The Morgan fingerprint density at radius 2 is 2.03 bits per heavy atom. The first-order valence-corrected chi connectivity index (χ1v) is 10.1. The van der Waals surface area contributed by atoms with Crippen molar-refractivity contribution in [2.24, 2.45) is 0 Å². The fourth-order valence-corrected chi connectivity index (χ4v) is 3.73. The number of carbonyl (C=O) groups excluding carboxylic acids is 1. The Kier molecular flexibility index (Phi) is 5.71. The fraction of sp³-hybridized carbons (Fsp3) is 0.143. The quantitative estimate of drug-likeness (QED) is 0.352. The molecule has 0 bridgehead atoms. The average molecular weight is 405 g/mol. The minimum Gasteiger partial charge on any atom is -0.494 e. The van der Waals surface area contributed by atoms with Crippen molar-refractivity contribution in [3.8, 4) is 5.75 Å². The highest BCUT2D eigenvalue weighted by Gasteiger charge is 2.09. The Hall–Kier alpha value is -3.39. The number of nitrogens with zero attached hydrogens (tertiary/aromatic N) is 3. The van der Waals surface area contributed by atoms with Crippen molar-refractivity contribution in [1.29, 1.82) is 0 Å². The molecule has 4 rings (SSSR count). The minimum atomic E-state index is -0.153. The molecule has 0 aliphatic rings. The zero-order valence-electron chi connectivity index (χ0n) is 15.8. The van der Waals surface area contributed by atoms with Gasteiger partial charge in [-0.15, -0.1) is 11.8 Å². The molecule has 0 radical (unpaired) electrons. The van der Waals surface area contributed by atoms with Crippen LogP contribution in [0, 0.1) is 0 Å². The van der Waals surface area contributed by atoms with E-state index in [0.29, 0.717) is 23.6 Å². The van der Waals surface area contributed by atoms with E-state index in [2.05, 4.69) is 25.5 Å². The number of anilines is 1. The predicted molar refractivity (Wildman–Crippen MR) is 113 cm³/mol. The number of amides is 1. The summed E-state index contributed by atoms with van der Waals surface area (Å²) in [5.41, 5.74) is 3.07. The maximum absolute atomic E-state index is 12.6. The van der Waals surface area contributed by atoms with Gasteiger partial charge in [0.25, 0.3) is 5.91 Å². The number of aromatic amines is 1. The lowest BCUT2D eigenvalue weighted by Crippen LogP contribution is -2.12. The number of carbonyl (C=O) groups is 1. The minimum absolute atomic E-state index is 0.153. The summed E-state index contributed by atoms with van der Waals surface area (Å²) in [5.74, 6) is 1.31. The standard InChI is InChI=1S/C21H19N5O2S/c1-2-28-17-8-6-16(7-9-17)25-20(27)15-5-3-4-14(10-15)12-29-21-18-11-24-26-19(18)22-13-23-21/h3-11,13H,2,12H2,1H3,(H,25,27)(H,22,23,24,26). The number of hydrogen-bond acceptors (Lipinski definition) is 6. The summed E-state index contributed by atoms with van der Waals surface area (Å²) in [4.78, 5) is 21.1. The molecule has 0 aliphatic carbocycles. The van der Waals surface area contributed by atoms with Crippen molar-refractivity contribution in [1.82, 2.24) is 20.2 Å². The van der Waals surface area contributed by atoms with Crippen LogP contribution in [0.5, 0.6) is 5.75 Å². The molecule has 0 spiro atoms. The van der Waals surface area contributed by atoms with Crippen molar-refractivity contribution < 1.29 is 9.53 Å². The van der Waals surface area contributed by atoms with Gasteiger partial charge in [0.15, 0.2) is 5.65 Å².